The lowest BCUT2D eigenvalue weighted by Gasteiger charge is -2.08. The summed E-state index contributed by atoms with van der Waals surface area (Å²) in [5.74, 6) is -1.79. The van der Waals surface area contributed by atoms with Crippen molar-refractivity contribution in [2.45, 2.75) is 6.92 Å². The number of nitrogens with one attached hydrogen (secondary N) is 1. The zero-order valence-electron chi connectivity index (χ0n) is 9.77. The number of carbonyl (C=O) groups excluding carboxylic acids is 1. The van der Waals surface area contributed by atoms with E-state index in [1.54, 1.807) is 18.2 Å². The van der Waals surface area contributed by atoms with Gasteiger partial charge in [0.25, 0.3) is 5.91 Å². The third kappa shape index (κ3) is 2.48. The topological polar surface area (TPSA) is 49.3 Å². The number of carbonyl (C=O) groups is 1. The molecule has 0 aromatic heterocycles. The van der Waals surface area contributed by atoms with Crippen LogP contribution in [0.15, 0.2) is 42.5 Å². The van der Waals surface area contributed by atoms with Crippen molar-refractivity contribution >= 4 is 11.6 Å². The Morgan fingerprint density at radius 2 is 1.94 bits per heavy atom. The molecule has 2 aromatic rings. The first-order valence-electron chi connectivity index (χ1n) is 5.43. The molecule has 0 heterocycles. The van der Waals surface area contributed by atoms with Crippen LogP contribution in [0.1, 0.15) is 15.9 Å². The van der Waals surface area contributed by atoms with Gasteiger partial charge in [-0.25, -0.2) is 4.39 Å². The van der Waals surface area contributed by atoms with Gasteiger partial charge in [-0.2, -0.15) is 0 Å². The highest BCUT2D eigenvalue weighted by Gasteiger charge is 2.16. The number of amides is 1. The smallest absolute Gasteiger partial charge is 0.262 e. The fourth-order valence-corrected chi connectivity index (χ4v) is 1.65. The van der Waals surface area contributed by atoms with Gasteiger partial charge in [-0.1, -0.05) is 18.2 Å². The molecule has 18 heavy (non-hydrogen) atoms. The first-order valence-corrected chi connectivity index (χ1v) is 5.43. The Kier molecular flexibility index (Phi) is 3.28. The van der Waals surface area contributed by atoms with Gasteiger partial charge in [-0.05, 0) is 36.8 Å². The van der Waals surface area contributed by atoms with E-state index in [0.717, 1.165) is 11.6 Å². The average molecular weight is 245 g/mol. The summed E-state index contributed by atoms with van der Waals surface area (Å²) in [7, 11) is 0. The van der Waals surface area contributed by atoms with Crippen molar-refractivity contribution in [3.8, 4) is 5.75 Å². The number of aromatic hydroxyl groups is 1. The Morgan fingerprint density at radius 3 is 2.61 bits per heavy atom. The van der Waals surface area contributed by atoms with Crippen LogP contribution in [0, 0.1) is 12.7 Å². The van der Waals surface area contributed by atoms with Gasteiger partial charge in [0.2, 0.25) is 0 Å². The third-order valence-corrected chi connectivity index (χ3v) is 2.49. The van der Waals surface area contributed by atoms with Gasteiger partial charge in [-0.3, -0.25) is 4.79 Å². The molecule has 0 saturated carbocycles. The molecule has 0 aliphatic carbocycles. The zero-order chi connectivity index (χ0) is 13.1. The monoisotopic (exact) mass is 245 g/mol. The van der Waals surface area contributed by atoms with Crippen molar-refractivity contribution in [2.75, 3.05) is 5.32 Å². The Hall–Kier alpha value is -2.36. The predicted molar refractivity (Wildman–Crippen MR) is 67.2 cm³/mol. The molecule has 1 amide bonds. The van der Waals surface area contributed by atoms with E-state index in [0.29, 0.717) is 5.69 Å². The zero-order valence-corrected chi connectivity index (χ0v) is 9.77. The summed E-state index contributed by atoms with van der Waals surface area (Å²) >= 11 is 0. The lowest BCUT2D eigenvalue weighted by Crippen LogP contribution is -2.14. The molecule has 2 aromatic carbocycles. The Labute approximate surface area is 104 Å². The highest BCUT2D eigenvalue weighted by atomic mass is 19.1. The summed E-state index contributed by atoms with van der Waals surface area (Å²) in [6.45, 7) is 1.89. The maximum absolute atomic E-state index is 13.5. The van der Waals surface area contributed by atoms with Crippen molar-refractivity contribution in [2.24, 2.45) is 0 Å². The number of benzene rings is 2. The van der Waals surface area contributed by atoms with E-state index in [2.05, 4.69) is 5.32 Å². The van der Waals surface area contributed by atoms with Crippen molar-refractivity contribution in [3.05, 3.63) is 59.4 Å². The van der Waals surface area contributed by atoms with Crippen LogP contribution in [-0.2, 0) is 0 Å². The maximum Gasteiger partial charge on any atom is 0.262 e. The minimum atomic E-state index is -0.750. The molecular formula is C14H12FNO2. The average Bonchev–Trinajstić information content (AvgIpc) is 2.28. The first kappa shape index (κ1) is 12.1. The van der Waals surface area contributed by atoms with Gasteiger partial charge < -0.3 is 10.4 Å². The molecule has 0 atom stereocenters. The van der Waals surface area contributed by atoms with Gasteiger partial charge >= 0.3 is 0 Å². The summed E-state index contributed by atoms with van der Waals surface area (Å²) in [5.41, 5.74) is 1.19. The molecule has 0 fully saturated rings. The summed E-state index contributed by atoms with van der Waals surface area (Å²) in [6.07, 6.45) is 0. The number of halogens is 1. The number of anilines is 1. The van der Waals surface area contributed by atoms with Crippen molar-refractivity contribution in [1.82, 2.24) is 0 Å². The number of rotatable bonds is 2. The highest BCUT2D eigenvalue weighted by Crippen LogP contribution is 2.21. The summed E-state index contributed by atoms with van der Waals surface area (Å²) < 4.78 is 13.5. The Bertz CT molecular complexity index is 576. The van der Waals surface area contributed by atoms with Crippen LogP contribution in [0.3, 0.4) is 0 Å². The molecule has 0 radical (unpaired) electrons. The van der Waals surface area contributed by atoms with Crippen molar-refractivity contribution in [3.63, 3.8) is 0 Å². The van der Waals surface area contributed by atoms with E-state index in [-0.39, 0.29) is 11.3 Å². The van der Waals surface area contributed by atoms with E-state index in [1.807, 2.05) is 13.0 Å². The van der Waals surface area contributed by atoms with Crippen LogP contribution in [0.5, 0.6) is 5.75 Å². The van der Waals surface area contributed by atoms with Gasteiger partial charge in [0, 0.05) is 5.69 Å². The summed E-state index contributed by atoms with van der Waals surface area (Å²) in [6, 6.07) is 10.9. The molecule has 0 bridgehead atoms. The van der Waals surface area contributed by atoms with E-state index >= 15 is 0 Å². The maximum atomic E-state index is 13.5. The van der Waals surface area contributed by atoms with Gasteiger partial charge in [-0.15, -0.1) is 0 Å². The molecule has 0 aliphatic heterocycles. The summed E-state index contributed by atoms with van der Waals surface area (Å²) in [4.78, 5) is 11.9. The molecular weight excluding hydrogens is 233 g/mol. The third-order valence-electron chi connectivity index (χ3n) is 2.49. The predicted octanol–water partition coefficient (Wildman–Crippen LogP) is 3.09. The number of phenolic OH excluding ortho intramolecular Hbond substituents is 1. The largest absolute Gasteiger partial charge is 0.507 e. The lowest BCUT2D eigenvalue weighted by atomic mass is 10.1. The SMILES string of the molecule is Cc1cccc(NC(=O)c2c(O)cccc2F)c1. The number of hydrogen-bond acceptors (Lipinski definition) is 2. The molecule has 0 spiro atoms. The fourth-order valence-electron chi connectivity index (χ4n) is 1.65. The van der Waals surface area contributed by atoms with Crippen LogP contribution in [0.4, 0.5) is 10.1 Å². The summed E-state index contributed by atoms with van der Waals surface area (Å²) in [5, 5.41) is 12.0. The standard InChI is InChI=1S/C14H12FNO2/c1-9-4-2-5-10(8-9)16-14(18)13-11(15)6-3-7-12(13)17/h2-8,17H,1H3,(H,16,18). The van der Waals surface area contributed by atoms with Crippen molar-refractivity contribution in [1.29, 1.82) is 0 Å². The molecule has 0 saturated heterocycles. The number of aryl methyl sites for hydroxylation is 1. The molecule has 0 unspecified atom stereocenters. The molecule has 4 heteroatoms. The number of phenols is 1. The second-order valence-electron chi connectivity index (χ2n) is 3.96. The molecule has 2 N–H and O–H groups in total. The van der Waals surface area contributed by atoms with E-state index in [1.165, 1.54) is 12.1 Å². The Balaban J connectivity index is 2.28. The first-order chi connectivity index (χ1) is 8.58. The van der Waals surface area contributed by atoms with Crippen LogP contribution >= 0.6 is 0 Å². The van der Waals surface area contributed by atoms with E-state index in [4.69, 9.17) is 0 Å². The van der Waals surface area contributed by atoms with Crippen molar-refractivity contribution < 1.29 is 14.3 Å². The van der Waals surface area contributed by atoms with Crippen LogP contribution in [0.2, 0.25) is 0 Å². The molecule has 0 aliphatic rings. The second kappa shape index (κ2) is 4.87. The number of hydrogen-bond donors (Lipinski definition) is 2. The van der Waals surface area contributed by atoms with Crippen LogP contribution in [0.25, 0.3) is 0 Å². The van der Waals surface area contributed by atoms with E-state index in [9.17, 15) is 14.3 Å². The minimum absolute atomic E-state index is 0.348. The van der Waals surface area contributed by atoms with Crippen LogP contribution < -0.4 is 5.32 Å². The molecule has 3 nitrogen and oxygen atoms in total. The van der Waals surface area contributed by atoms with Gasteiger partial charge in [0.1, 0.15) is 17.1 Å². The van der Waals surface area contributed by atoms with E-state index < -0.39 is 11.7 Å². The van der Waals surface area contributed by atoms with Crippen LogP contribution in [-0.4, -0.2) is 11.0 Å². The molecule has 2 rings (SSSR count). The second-order valence-corrected chi connectivity index (χ2v) is 3.96. The normalized spacial score (nSPS) is 10.1. The Morgan fingerprint density at radius 1 is 1.22 bits per heavy atom. The van der Waals surface area contributed by atoms with Gasteiger partial charge in [0.15, 0.2) is 0 Å². The molecule has 92 valence electrons. The van der Waals surface area contributed by atoms with Gasteiger partial charge in [0.05, 0.1) is 0 Å². The highest BCUT2D eigenvalue weighted by molar-refractivity contribution is 6.06. The quantitative estimate of drug-likeness (QED) is 0.854. The fraction of sp³-hybridized carbons (Fsp3) is 0.0714. The lowest BCUT2D eigenvalue weighted by molar-refractivity contribution is 0.102. The minimum Gasteiger partial charge on any atom is -0.507 e.